The number of hydrogen-bond acceptors (Lipinski definition) is 2. The summed E-state index contributed by atoms with van der Waals surface area (Å²) in [6, 6.07) is 4.03. The van der Waals surface area contributed by atoms with Crippen LogP contribution in [0.25, 0.3) is 0 Å². The fraction of sp³-hybridized carbons (Fsp3) is 0.400. The van der Waals surface area contributed by atoms with E-state index < -0.39 is 8.32 Å². The fourth-order valence-corrected chi connectivity index (χ4v) is 1.82. The summed E-state index contributed by atoms with van der Waals surface area (Å²) in [5.41, 5.74) is 0. The van der Waals surface area contributed by atoms with Crippen molar-refractivity contribution in [3.05, 3.63) is 22.4 Å². The summed E-state index contributed by atoms with van der Waals surface area (Å²) in [7, 11) is -1.38. The lowest BCUT2D eigenvalue weighted by atomic mass is 10.5. The van der Waals surface area contributed by atoms with Crippen LogP contribution in [0.15, 0.2) is 17.5 Å². The van der Waals surface area contributed by atoms with Gasteiger partial charge in [0.05, 0.1) is 11.5 Å². The topological polar surface area (TPSA) is 9.23 Å². The molecule has 3 heteroatoms. The van der Waals surface area contributed by atoms with Crippen LogP contribution in [0.5, 0.6) is 0 Å². The van der Waals surface area contributed by atoms with Crippen LogP contribution in [-0.4, -0.2) is 14.9 Å². The molecule has 1 aromatic heterocycles. The molecule has 1 heterocycles. The Bertz CT molecular complexity index is 300. The minimum absolute atomic E-state index is 0.563. The Morgan fingerprint density at radius 1 is 1.46 bits per heavy atom. The van der Waals surface area contributed by atoms with Gasteiger partial charge >= 0.3 is 0 Å². The lowest BCUT2D eigenvalue weighted by Gasteiger charge is -2.13. The first-order chi connectivity index (χ1) is 6.08. The van der Waals surface area contributed by atoms with Crippen LogP contribution in [0.3, 0.4) is 0 Å². The second-order valence-electron chi connectivity index (χ2n) is 3.68. The summed E-state index contributed by atoms with van der Waals surface area (Å²) in [5.74, 6) is 6.08. The van der Waals surface area contributed by atoms with Crippen LogP contribution in [0.4, 0.5) is 0 Å². The van der Waals surface area contributed by atoms with Crippen LogP contribution >= 0.6 is 11.3 Å². The molecule has 70 valence electrons. The molecule has 0 aromatic carbocycles. The molecule has 1 rings (SSSR count). The van der Waals surface area contributed by atoms with Crippen molar-refractivity contribution >= 4 is 19.7 Å². The van der Waals surface area contributed by atoms with E-state index in [0.717, 1.165) is 4.88 Å². The van der Waals surface area contributed by atoms with Gasteiger partial charge in [0.25, 0.3) is 0 Å². The molecule has 1 aromatic rings. The van der Waals surface area contributed by atoms with E-state index >= 15 is 0 Å². The van der Waals surface area contributed by atoms with Crippen molar-refractivity contribution in [3.63, 3.8) is 0 Å². The first-order valence-electron chi connectivity index (χ1n) is 4.24. The van der Waals surface area contributed by atoms with Crippen LogP contribution in [0.1, 0.15) is 4.88 Å². The molecule has 0 spiro atoms. The van der Waals surface area contributed by atoms with Gasteiger partial charge in [-0.2, -0.15) is 0 Å². The quantitative estimate of drug-likeness (QED) is 0.539. The molecule has 0 radical (unpaired) electrons. The predicted molar refractivity (Wildman–Crippen MR) is 60.5 cm³/mol. The molecule has 0 aliphatic rings. The van der Waals surface area contributed by atoms with Crippen molar-refractivity contribution in [1.29, 1.82) is 0 Å². The van der Waals surface area contributed by atoms with Gasteiger partial charge in [0.15, 0.2) is 8.32 Å². The largest absolute Gasteiger partial charge is 0.407 e. The molecule has 0 unspecified atom stereocenters. The average Bonchev–Trinajstić information content (AvgIpc) is 2.48. The summed E-state index contributed by atoms with van der Waals surface area (Å²) < 4.78 is 5.60. The lowest BCUT2D eigenvalue weighted by molar-refractivity contribution is 0.365. The summed E-state index contributed by atoms with van der Waals surface area (Å²) in [4.78, 5) is 1.11. The molecule has 0 atom stereocenters. The third-order valence-electron chi connectivity index (χ3n) is 1.31. The van der Waals surface area contributed by atoms with Crippen LogP contribution in [-0.2, 0) is 4.43 Å². The van der Waals surface area contributed by atoms with Gasteiger partial charge in [-0.25, -0.2) is 0 Å². The molecule has 0 fully saturated rings. The van der Waals surface area contributed by atoms with Gasteiger partial charge in [-0.1, -0.05) is 17.9 Å². The van der Waals surface area contributed by atoms with Crippen molar-refractivity contribution in [2.75, 3.05) is 6.61 Å². The summed E-state index contributed by atoms with van der Waals surface area (Å²) in [6.07, 6.45) is 0. The number of hydrogen-bond donors (Lipinski definition) is 0. The molecule has 0 aliphatic heterocycles. The highest BCUT2D eigenvalue weighted by Gasteiger charge is 2.12. The zero-order valence-electron chi connectivity index (χ0n) is 8.26. The van der Waals surface area contributed by atoms with E-state index in [4.69, 9.17) is 4.43 Å². The second kappa shape index (κ2) is 4.61. The first kappa shape index (κ1) is 10.5. The summed E-state index contributed by atoms with van der Waals surface area (Å²) in [5, 5.41) is 2.03. The number of rotatable bonds is 2. The smallest absolute Gasteiger partial charge is 0.185 e. The molecule has 0 N–H and O–H groups in total. The maximum absolute atomic E-state index is 5.60. The maximum Gasteiger partial charge on any atom is 0.185 e. The highest BCUT2D eigenvalue weighted by molar-refractivity contribution is 7.10. The van der Waals surface area contributed by atoms with E-state index in [0.29, 0.717) is 6.61 Å². The van der Waals surface area contributed by atoms with Crippen molar-refractivity contribution in [2.45, 2.75) is 19.6 Å². The summed E-state index contributed by atoms with van der Waals surface area (Å²) in [6.45, 7) is 7.06. The Balaban J connectivity index is 2.34. The Labute approximate surface area is 84.9 Å². The van der Waals surface area contributed by atoms with Crippen LogP contribution in [0.2, 0.25) is 19.6 Å². The van der Waals surface area contributed by atoms with Crippen molar-refractivity contribution in [3.8, 4) is 11.8 Å². The molecule has 0 saturated carbocycles. The minimum Gasteiger partial charge on any atom is -0.407 e. The van der Waals surface area contributed by atoms with E-state index in [1.165, 1.54) is 0 Å². The Kier molecular flexibility index (Phi) is 3.73. The SMILES string of the molecule is C[Si](C)(C)OCC#Cc1cccs1. The van der Waals surface area contributed by atoms with Gasteiger partial charge in [-0.15, -0.1) is 11.3 Å². The molecule has 1 nitrogen and oxygen atoms in total. The van der Waals surface area contributed by atoms with Gasteiger partial charge in [0, 0.05) is 0 Å². The molecule has 0 saturated heterocycles. The molecule has 0 bridgehead atoms. The van der Waals surface area contributed by atoms with Crippen LogP contribution in [0, 0.1) is 11.8 Å². The average molecular weight is 210 g/mol. The van der Waals surface area contributed by atoms with Gasteiger partial charge < -0.3 is 4.43 Å². The molecular weight excluding hydrogens is 196 g/mol. The fourth-order valence-electron chi connectivity index (χ4n) is 0.725. The van der Waals surface area contributed by atoms with Crippen LogP contribution < -0.4 is 0 Å². The molecule has 0 aliphatic carbocycles. The monoisotopic (exact) mass is 210 g/mol. The standard InChI is InChI=1S/C10H14OSSi/c1-13(2,3)11-8-4-6-10-7-5-9-12-10/h5,7,9H,8H2,1-3H3. The van der Waals surface area contributed by atoms with Crippen molar-refractivity contribution in [2.24, 2.45) is 0 Å². The third-order valence-corrected chi connectivity index (χ3v) is 3.11. The molecular formula is C10H14OSSi. The highest BCUT2D eigenvalue weighted by Crippen LogP contribution is 2.05. The Morgan fingerprint density at radius 2 is 2.23 bits per heavy atom. The van der Waals surface area contributed by atoms with Gasteiger partial charge in [0.2, 0.25) is 0 Å². The Morgan fingerprint density at radius 3 is 2.77 bits per heavy atom. The van der Waals surface area contributed by atoms with E-state index in [2.05, 4.69) is 31.5 Å². The first-order valence-corrected chi connectivity index (χ1v) is 8.53. The highest BCUT2D eigenvalue weighted by atomic mass is 32.1. The van der Waals surface area contributed by atoms with Gasteiger partial charge in [-0.3, -0.25) is 0 Å². The van der Waals surface area contributed by atoms with Crippen molar-refractivity contribution in [1.82, 2.24) is 0 Å². The molecule has 0 amide bonds. The van der Waals surface area contributed by atoms with Gasteiger partial charge in [0.1, 0.15) is 0 Å². The molecule has 13 heavy (non-hydrogen) atoms. The number of thiophene rings is 1. The van der Waals surface area contributed by atoms with Crippen molar-refractivity contribution < 1.29 is 4.43 Å². The van der Waals surface area contributed by atoms with E-state index in [9.17, 15) is 0 Å². The van der Waals surface area contributed by atoms with Gasteiger partial charge in [-0.05, 0) is 31.1 Å². The summed E-state index contributed by atoms with van der Waals surface area (Å²) >= 11 is 1.66. The van der Waals surface area contributed by atoms with E-state index in [-0.39, 0.29) is 0 Å². The Hall–Kier alpha value is -0.563. The maximum atomic E-state index is 5.60. The minimum atomic E-state index is -1.38. The second-order valence-corrected chi connectivity index (χ2v) is 9.14. The zero-order valence-corrected chi connectivity index (χ0v) is 10.1. The van der Waals surface area contributed by atoms with E-state index in [1.807, 2.05) is 17.5 Å². The predicted octanol–water partition coefficient (Wildman–Crippen LogP) is 2.95. The zero-order chi connectivity index (χ0) is 9.73. The third kappa shape index (κ3) is 4.89. The van der Waals surface area contributed by atoms with E-state index in [1.54, 1.807) is 11.3 Å². The lowest BCUT2D eigenvalue weighted by Crippen LogP contribution is -2.25. The normalized spacial score (nSPS) is 10.7.